The highest BCUT2D eigenvalue weighted by Crippen LogP contribution is 2.24. The van der Waals surface area contributed by atoms with Gasteiger partial charge in [-0.3, -0.25) is 9.78 Å². The van der Waals surface area contributed by atoms with E-state index in [1.807, 2.05) is 18.2 Å². The normalized spacial score (nSPS) is 11.7. The van der Waals surface area contributed by atoms with E-state index in [4.69, 9.17) is 4.52 Å². The van der Waals surface area contributed by atoms with Gasteiger partial charge in [0.1, 0.15) is 5.82 Å². The molecular formula is C21H22N6O2. The molecule has 0 aliphatic heterocycles. The molecule has 0 saturated carbocycles. The number of benzene rings is 1. The fraction of sp³-hybridized carbons (Fsp3) is 0.286. The van der Waals surface area contributed by atoms with Gasteiger partial charge in [0.25, 0.3) is 0 Å². The quantitative estimate of drug-likeness (QED) is 0.535. The maximum Gasteiger partial charge on any atom is 0.227 e. The summed E-state index contributed by atoms with van der Waals surface area (Å²) in [5.41, 5.74) is 3.24. The minimum Gasteiger partial charge on any atom is -0.341 e. The van der Waals surface area contributed by atoms with Crippen LogP contribution in [0.4, 0.5) is 5.69 Å². The second-order valence-corrected chi connectivity index (χ2v) is 7.86. The largest absolute Gasteiger partial charge is 0.341 e. The number of aryl methyl sites for hydroxylation is 1. The number of imidazole rings is 1. The van der Waals surface area contributed by atoms with E-state index in [0.717, 1.165) is 28.1 Å². The van der Waals surface area contributed by atoms with Crippen molar-refractivity contribution in [3.63, 3.8) is 0 Å². The van der Waals surface area contributed by atoms with Gasteiger partial charge in [-0.05, 0) is 30.3 Å². The highest BCUT2D eigenvalue weighted by molar-refractivity contribution is 5.93. The number of carbonyl (C=O) groups is 1. The van der Waals surface area contributed by atoms with Gasteiger partial charge in [0.2, 0.25) is 17.6 Å². The standard InChI is InChI=1S/C21H22N6O2/c1-21(2,3)20-24-15-5-4-14(12-16(15)25-20)23-17(28)6-7-18-26-19(27-29-18)13-8-10-22-11-9-13/h4-5,8-12H,6-7H2,1-3H3,(H,23,28)(H,24,25). The van der Waals surface area contributed by atoms with E-state index in [1.54, 1.807) is 24.5 Å². The van der Waals surface area contributed by atoms with Crippen LogP contribution in [0.1, 0.15) is 38.9 Å². The molecule has 29 heavy (non-hydrogen) atoms. The number of aromatic amines is 1. The predicted molar refractivity (Wildman–Crippen MR) is 109 cm³/mol. The first-order chi connectivity index (χ1) is 13.9. The van der Waals surface area contributed by atoms with E-state index < -0.39 is 0 Å². The lowest BCUT2D eigenvalue weighted by Crippen LogP contribution is -2.13. The number of H-pyrrole nitrogens is 1. The molecule has 0 aliphatic carbocycles. The number of pyridine rings is 1. The van der Waals surface area contributed by atoms with Crippen molar-refractivity contribution in [2.45, 2.75) is 39.0 Å². The Labute approximate surface area is 167 Å². The predicted octanol–water partition coefficient (Wildman–Crippen LogP) is 3.88. The minimum absolute atomic E-state index is 0.0678. The Hall–Kier alpha value is -3.55. The fourth-order valence-electron chi connectivity index (χ4n) is 2.86. The first-order valence-corrected chi connectivity index (χ1v) is 9.41. The summed E-state index contributed by atoms with van der Waals surface area (Å²) in [5.74, 6) is 1.70. The summed E-state index contributed by atoms with van der Waals surface area (Å²) in [4.78, 5) is 28.6. The SMILES string of the molecule is CC(C)(C)c1nc2ccc(NC(=O)CCc3nc(-c4ccncc4)no3)cc2[nH]1. The Morgan fingerprint density at radius 2 is 1.93 bits per heavy atom. The molecule has 0 atom stereocenters. The highest BCUT2D eigenvalue weighted by atomic mass is 16.5. The third-order valence-corrected chi connectivity index (χ3v) is 4.45. The zero-order chi connectivity index (χ0) is 20.4. The number of aromatic nitrogens is 5. The van der Waals surface area contributed by atoms with Crippen LogP contribution in [0.25, 0.3) is 22.4 Å². The summed E-state index contributed by atoms with van der Waals surface area (Å²) < 4.78 is 5.24. The summed E-state index contributed by atoms with van der Waals surface area (Å²) in [7, 11) is 0. The van der Waals surface area contributed by atoms with Gasteiger partial charge in [-0.25, -0.2) is 4.98 Å². The van der Waals surface area contributed by atoms with Gasteiger partial charge in [0.05, 0.1) is 11.0 Å². The van der Waals surface area contributed by atoms with Crippen molar-refractivity contribution in [2.75, 3.05) is 5.32 Å². The van der Waals surface area contributed by atoms with Crippen LogP contribution in [0, 0.1) is 0 Å². The lowest BCUT2D eigenvalue weighted by Gasteiger charge is -2.13. The maximum atomic E-state index is 12.3. The van der Waals surface area contributed by atoms with Gasteiger partial charge in [-0.1, -0.05) is 25.9 Å². The lowest BCUT2D eigenvalue weighted by molar-refractivity contribution is -0.116. The number of hydrogen-bond acceptors (Lipinski definition) is 6. The van der Waals surface area contributed by atoms with E-state index >= 15 is 0 Å². The molecule has 3 heterocycles. The molecule has 0 unspecified atom stereocenters. The number of nitrogens with one attached hydrogen (secondary N) is 2. The van der Waals surface area contributed by atoms with Crippen LogP contribution in [-0.2, 0) is 16.6 Å². The first kappa shape index (κ1) is 18.8. The smallest absolute Gasteiger partial charge is 0.227 e. The molecule has 8 nitrogen and oxygen atoms in total. The zero-order valence-corrected chi connectivity index (χ0v) is 16.6. The number of carbonyl (C=O) groups excluding carboxylic acids is 1. The molecule has 4 aromatic rings. The lowest BCUT2D eigenvalue weighted by atomic mass is 9.96. The van der Waals surface area contributed by atoms with Crippen molar-refractivity contribution in [1.29, 1.82) is 0 Å². The number of hydrogen-bond donors (Lipinski definition) is 2. The van der Waals surface area contributed by atoms with Crippen molar-refractivity contribution in [3.8, 4) is 11.4 Å². The molecule has 3 aromatic heterocycles. The third kappa shape index (κ3) is 4.31. The van der Waals surface area contributed by atoms with Crippen LogP contribution >= 0.6 is 0 Å². The molecule has 0 bridgehead atoms. The van der Waals surface area contributed by atoms with E-state index in [1.165, 1.54) is 0 Å². The molecule has 2 N–H and O–H groups in total. The summed E-state index contributed by atoms with van der Waals surface area (Å²) in [5, 5.41) is 6.85. The van der Waals surface area contributed by atoms with Gasteiger partial charge in [0, 0.05) is 41.9 Å². The molecule has 8 heteroatoms. The fourth-order valence-corrected chi connectivity index (χ4v) is 2.86. The Kier molecular flexibility index (Phi) is 4.84. The number of anilines is 1. The third-order valence-electron chi connectivity index (χ3n) is 4.45. The zero-order valence-electron chi connectivity index (χ0n) is 16.6. The molecule has 0 radical (unpaired) electrons. The molecule has 1 aromatic carbocycles. The molecule has 0 spiro atoms. The van der Waals surface area contributed by atoms with E-state index in [-0.39, 0.29) is 17.7 Å². The van der Waals surface area contributed by atoms with Crippen LogP contribution in [0.5, 0.6) is 0 Å². The summed E-state index contributed by atoms with van der Waals surface area (Å²) >= 11 is 0. The van der Waals surface area contributed by atoms with Crippen LogP contribution in [0.15, 0.2) is 47.2 Å². The Balaban J connectivity index is 1.38. The van der Waals surface area contributed by atoms with Crippen molar-refractivity contribution < 1.29 is 9.32 Å². The summed E-state index contributed by atoms with van der Waals surface area (Å²) in [6.45, 7) is 6.31. The molecule has 0 saturated heterocycles. The molecule has 1 amide bonds. The van der Waals surface area contributed by atoms with E-state index in [2.05, 4.69) is 51.2 Å². The average molecular weight is 390 g/mol. The van der Waals surface area contributed by atoms with Gasteiger partial charge in [-0.2, -0.15) is 4.98 Å². The summed E-state index contributed by atoms with van der Waals surface area (Å²) in [6.07, 6.45) is 3.94. The molecular weight excluding hydrogens is 368 g/mol. The minimum atomic E-state index is -0.122. The number of nitrogens with zero attached hydrogens (tertiary/aromatic N) is 4. The highest BCUT2D eigenvalue weighted by Gasteiger charge is 2.18. The van der Waals surface area contributed by atoms with Gasteiger partial charge >= 0.3 is 0 Å². The van der Waals surface area contributed by atoms with Crippen LogP contribution in [0.3, 0.4) is 0 Å². The van der Waals surface area contributed by atoms with Gasteiger partial charge < -0.3 is 14.8 Å². The van der Waals surface area contributed by atoms with Gasteiger partial charge in [-0.15, -0.1) is 0 Å². The second-order valence-electron chi connectivity index (χ2n) is 7.86. The average Bonchev–Trinajstić information content (AvgIpc) is 3.33. The van der Waals surface area contributed by atoms with Gasteiger partial charge in [0.15, 0.2) is 0 Å². The molecule has 0 aliphatic rings. The second kappa shape index (κ2) is 7.46. The number of rotatable bonds is 5. The van der Waals surface area contributed by atoms with Crippen LogP contribution in [0.2, 0.25) is 0 Å². The Morgan fingerprint density at radius 1 is 1.14 bits per heavy atom. The number of fused-ring (bicyclic) bond motifs is 1. The van der Waals surface area contributed by atoms with E-state index in [0.29, 0.717) is 18.1 Å². The molecule has 4 rings (SSSR count). The maximum absolute atomic E-state index is 12.3. The Morgan fingerprint density at radius 3 is 2.69 bits per heavy atom. The summed E-state index contributed by atoms with van der Waals surface area (Å²) in [6, 6.07) is 9.25. The van der Waals surface area contributed by atoms with Crippen molar-refractivity contribution in [3.05, 3.63) is 54.4 Å². The van der Waals surface area contributed by atoms with Crippen molar-refractivity contribution in [2.24, 2.45) is 0 Å². The number of amides is 1. The van der Waals surface area contributed by atoms with Crippen molar-refractivity contribution in [1.82, 2.24) is 25.1 Å². The van der Waals surface area contributed by atoms with Crippen LogP contribution in [-0.4, -0.2) is 31.0 Å². The van der Waals surface area contributed by atoms with E-state index in [9.17, 15) is 4.79 Å². The van der Waals surface area contributed by atoms with Crippen molar-refractivity contribution >= 4 is 22.6 Å². The topological polar surface area (TPSA) is 110 Å². The monoisotopic (exact) mass is 390 g/mol. The molecule has 0 fully saturated rings. The Bertz CT molecular complexity index is 1140. The van der Waals surface area contributed by atoms with Crippen LogP contribution < -0.4 is 5.32 Å². The first-order valence-electron chi connectivity index (χ1n) is 9.41. The molecule has 148 valence electrons.